The fraction of sp³-hybridized carbons (Fsp3) is 0.385. The van der Waals surface area contributed by atoms with E-state index >= 15 is 0 Å². The molecule has 0 fully saturated rings. The van der Waals surface area contributed by atoms with Crippen LogP contribution >= 0.6 is 0 Å². The molecule has 1 aliphatic carbocycles. The third kappa shape index (κ3) is 1.43. The van der Waals surface area contributed by atoms with E-state index < -0.39 is 0 Å². The molecule has 0 aliphatic heterocycles. The van der Waals surface area contributed by atoms with Gasteiger partial charge in [-0.3, -0.25) is 0 Å². The number of hydrogen-bond donors (Lipinski definition) is 1. The van der Waals surface area contributed by atoms with Crippen molar-refractivity contribution in [3.63, 3.8) is 0 Å². The number of aromatic hydroxyl groups is 1. The van der Waals surface area contributed by atoms with Gasteiger partial charge in [0.1, 0.15) is 5.75 Å². The van der Waals surface area contributed by atoms with Crippen molar-refractivity contribution in [1.82, 2.24) is 0 Å². The molecule has 1 aliphatic rings. The molecule has 1 aromatic rings. The number of rotatable bonds is 1. The van der Waals surface area contributed by atoms with Crippen LogP contribution in [0.2, 0.25) is 0 Å². The molecule has 1 aromatic carbocycles. The highest BCUT2D eigenvalue weighted by atomic mass is 16.3. The standard InChI is InChI=1S/C13H16O/c1-9-7-8-12(13(14)10(9)2)11-5-3-4-6-11/h5,7-8,14H,3-4,6H2,1-2H3. The highest BCUT2D eigenvalue weighted by Gasteiger charge is 2.13. The Hall–Kier alpha value is -1.24. The average Bonchev–Trinajstić information content (AvgIpc) is 2.67. The summed E-state index contributed by atoms with van der Waals surface area (Å²) in [5.41, 5.74) is 4.51. The van der Waals surface area contributed by atoms with Crippen molar-refractivity contribution in [2.75, 3.05) is 0 Å². The molecule has 1 heteroatoms. The molecule has 0 saturated carbocycles. The molecule has 0 amide bonds. The van der Waals surface area contributed by atoms with Crippen molar-refractivity contribution in [2.24, 2.45) is 0 Å². The van der Waals surface area contributed by atoms with E-state index in [1.165, 1.54) is 12.0 Å². The van der Waals surface area contributed by atoms with E-state index in [9.17, 15) is 5.11 Å². The van der Waals surface area contributed by atoms with Gasteiger partial charge in [-0.1, -0.05) is 18.2 Å². The normalized spacial score (nSPS) is 15.7. The molecule has 2 rings (SSSR count). The summed E-state index contributed by atoms with van der Waals surface area (Å²) in [6.45, 7) is 4.01. The monoisotopic (exact) mass is 188 g/mol. The van der Waals surface area contributed by atoms with Crippen molar-refractivity contribution >= 4 is 5.57 Å². The molecule has 0 saturated heterocycles. The fourth-order valence-corrected chi connectivity index (χ4v) is 1.98. The summed E-state index contributed by atoms with van der Waals surface area (Å²) in [5.74, 6) is 0.471. The Labute approximate surface area is 85.1 Å². The predicted octanol–water partition coefficient (Wildman–Crippen LogP) is 3.58. The third-order valence-corrected chi connectivity index (χ3v) is 3.09. The first kappa shape index (κ1) is 9.32. The Bertz CT molecular complexity index is 388. The summed E-state index contributed by atoms with van der Waals surface area (Å²) in [4.78, 5) is 0. The summed E-state index contributed by atoms with van der Waals surface area (Å²) in [5, 5.41) is 10.00. The van der Waals surface area contributed by atoms with Crippen LogP contribution in [-0.2, 0) is 0 Å². The van der Waals surface area contributed by atoms with E-state index in [0.29, 0.717) is 5.75 Å². The summed E-state index contributed by atoms with van der Waals surface area (Å²) < 4.78 is 0. The average molecular weight is 188 g/mol. The maximum absolute atomic E-state index is 10.00. The zero-order chi connectivity index (χ0) is 10.1. The molecule has 0 spiro atoms. The van der Waals surface area contributed by atoms with Gasteiger partial charge < -0.3 is 5.11 Å². The first-order chi connectivity index (χ1) is 6.70. The second-order valence-corrected chi connectivity index (χ2v) is 4.03. The molecule has 1 N–H and O–H groups in total. The molecule has 0 atom stereocenters. The Morgan fingerprint density at radius 1 is 1.21 bits per heavy atom. The largest absolute Gasteiger partial charge is 0.507 e. The SMILES string of the molecule is Cc1ccc(C2=CCCC2)c(O)c1C. The minimum atomic E-state index is 0.471. The molecule has 0 radical (unpaired) electrons. The number of benzene rings is 1. The van der Waals surface area contributed by atoms with E-state index in [4.69, 9.17) is 0 Å². The smallest absolute Gasteiger partial charge is 0.126 e. The van der Waals surface area contributed by atoms with Crippen molar-refractivity contribution in [2.45, 2.75) is 33.1 Å². The zero-order valence-corrected chi connectivity index (χ0v) is 8.80. The van der Waals surface area contributed by atoms with Crippen molar-refractivity contribution in [3.05, 3.63) is 34.9 Å². The molecule has 0 aromatic heterocycles. The fourth-order valence-electron chi connectivity index (χ4n) is 1.98. The van der Waals surface area contributed by atoms with Gasteiger partial charge in [0.2, 0.25) is 0 Å². The number of allylic oxidation sites excluding steroid dienone is 2. The summed E-state index contributed by atoms with van der Waals surface area (Å²) in [6.07, 6.45) is 5.73. The van der Waals surface area contributed by atoms with Crippen LogP contribution in [0.15, 0.2) is 18.2 Å². The van der Waals surface area contributed by atoms with E-state index in [-0.39, 0.29) is 0 Å². The summed E-state index contributed by atoms with van der Waals surface area (Å²) in [6, 6.07) is 4.12. The van der Waals surface area contributed by atoms with Gasteiger partial charge in [0.15, 0.2) is 0 Å². The molecular formula is C13H16O. The van der Waals surface area contributed by atoms with Gasteiger partial charge in [-0.15, -0.1) is 0 Å². The van der Waals surface area contributed by atoms with Crippen LogP contribution in [0, 0.1) is 13.8 Å². The van der Waals surface area contributed by atoms with Crippen molar-refractivity contribution < 1.29 is 5.11 Å². The van der Waals surface area contributed by atoms with Gasteiger partial charge in [-0.25, -0.2) is 0 Å². The Balaban J connectivity index is 2.49. The van der Waals surface area contributed by atoms with Gasteiger partial charge in [0, 0.05) is 5.56 Å². The van der Waals surface area contributed by atoms with Crippen molar-refractivity contribution in [3.8, 4) is 5.75 Å². The lowest BCUT2D eigenvalue weighted by atomic mass is 9.98. The molecular weight excluding hydrogens is 172 g/mol. The molecule has 0 bridgehead atoms. The molecule has 0 heterocycles. The molecule has 14 heavy (non-hydrogen) atoms. The van der Waals surface area contributed by atoms with E-state index in [0.717, 1.165) is 29.5 Å². The maximum atomic E-state index is 10.00. The number of hydrogen-bond acceptors (Lipinski definition) is 1. The summed E-state index contributed by atoms with van der Waals surface area (Å²) in [7, 11) is 0. The molecule has 74 valence electrons. The summed E-state index contributed by atoms with van der Waals surface area (Å²) >= 11 is 0. The second kappa shape index (κ2) is 3.49. The second-order valence-electron chi connectivity index (χ2n) is 4.03. The molecule has 1 nitrogen and oxygen atoms in total. The number of aryl methyl sites for hydroxylation is 1. The van der Waals surface area contributed by atoms with Gasteiger partial charge in [-0.2, -0.15) is 0 Å². The van der Waals surface area contributed by atoms with Crippen LogP contribution in [0.1, 0.15) is 36.0 Å². The quantitative estimate of drug-likeness (QED) is 0.714. The number of phenols is 1. The molecule has 0 unspecified atom stereocenters. The first-order valence-corrected chi connectivity index (χ1v) is 5.18. The topological polar surface area (TPSA) is 20.2 Å². The highest BCUT2D eigenvalue weighted by Crippen LogP contribution is 2.35. The van der Waals surface area contributed by atoms with Gasteiger partial charge in [-0.05, 0) is 49.8 Å². The minimum Gasteiger partial charge on any atom is -0.507 e. The van der Waals surface area contributed by atoms with E-state index in [1.54, 1.807) is 0 Å². The van der Waals surface area contributed by atoms with Gasteiger partial charge >= 0.3 is 0 Å². The van der Waals surface area contributed by atoms with Crippen molar-refractivity contribution in [1.29, 1.82) is 0 Å². The maximum Gasteiger partial charge on any atom is 0.126 e. The lowest BCUT2D eigenvalue weighted by molar-refractivity contribution is 0.468. The van der Waals surface area contributed by atoms with Crippen LogP contribution in [0.3, 0.4) is 0 Å². The van der Waals surface area contributed by atoms with Crippen LogP contribution in [-0.4, -0.2) is 5.11 Å². The zero-order valence-electron chi connectivity index (χ0n) is 8.80. The first-order valence-electron chi connectivity index (χ1n) is 5.18. The third-order valence-electron chi connectivity index (χ3n) is 3.09. The lowest BCUT2D eigenvalue weighted by Crippen LogP contribution is -1.88. The van der Waals surface area contributed by atoms with Crippen LogP contribution < -0.4 is 0 Å². The minimum absolute atomic E-state index is 0.471. The van der Waals surface area contributed by atoms with E-state index in [2.05, 4.69) is 12.1 Å². The van der Waals surface area contributed by atoms with Gasteiger partial charge in [0.05, 0.1) is 0 Å². The van der Waals surface area contributed by atoms with Crippen LogP contribution in [0.25, 0.3) is 5.57 Å². The lowest BCUT2D eigenvalue weighted by Gasteiger charge is -2.10. The van der Waals surface area contributed by atoms with Gasteiger partial charge in [0.25, 0.3) is 0 Å². The Morgan fingerprint density at radius 3 is 2.64 bits per heavy atom. The number of phenolic OH excluding ortho intramolecular Hbond substituents is 1. The Kier molecular flexibility index (Phi) is 2.32. The van der Waals surface area contributed by atoms with Crippen LogP contribution in [0.5, 0.6) is 5.75 Å². The Morgan fingerprint density at radius 2 is 2.00 bits per heavy atom. The highest BCUT2D eigenvalue weighted by molar-refractivity contribution is 5.73. The predicted molar refractivity (Wildman–Crippen MR) is 59.4 cm³/mol. The van der Waals surface area contributed by atoms with E-state index in [1.807, 2.05) is 19.9 Å². The van der Waals surface area contributed by atoms with Crippen LogP contribution in [0.4, 0.5) is 0 Å².